The molecule has 0 bridgehead atoms. The van der Waals surface area contributed by atoms with E-state index in [4.69, 9.17) is 47.8 Å². The zero-order chi connectivity index (χ0) is 21.1. The van der Waals surface area contributed by atoms with Crippen LogP contribution in [0.5, 0.6) is 0 Å². The van der Waals surface area contributed by atoms with Crippen LogP contribution in [0.4, 0.5) is 0 Å². The van der Waals surface area contributed by atoms with Crippen LogP contribution in [0.1, 0.15) is 17.5 Å². The van der Waals surface area contributed by atoms with Gasteiger partial charge in [0.15, 0.2) is 0 Å². The van der Waals surface area contributed by atoms with Crippen LogP contribution in [-0.4, -0.2) is 50.2 Å². The highest BCUT2D eigenvalue weighted by Gasteiger charge is 2.26. The van der Waals surface area contributed by atoms with Gasteiger partial charge in [-0.05, 0) is 43.8 Å². The molecule has 3 rings (SSSR count). The summed E-state index contributed by atoms with van der Waals surface area (Å²) in [7, 11) is 0.218. The van der Waals surface area contributed by atoms with Crippen molar-refractivity contribution < 1.29 is 18.4 Å². The maximum absolute atomic E-state index is 9.08. The fourth-order valence-corrected chi connectivity index (χ4v) is 4.63. The van der Waals surface area contributed by atoms with Crippen molar-refractivity contribution in [2.45, 2.75) is 16.2 Å². The van der Waals surface area contributed by atoms with Crippen molar-refractivity contribution in [3.63, 3.8) is 0 Å². The van der Waals surface area contributed by atoms with Gasteiger partial charge in [0.1, 0.15) is 0 Å². The number of hydrogen-bond acceptors (Lipinski definition) is 5. The van der Waals surface area contributed by atoms with E-state index in [1.54, 1.807) is 17.8 Å². The molecule has 0 spiro atoms. The first kappa shape index (κ1) is 26.3. The van der Waals surface area contributed by atoms with Gasteiger partial charge in [-0.25, -0.2) is 8.42 Å². The summed E-state index contributed by atoms with van der Waals surface area (Å²) in [5, 5.41) is 1.71. The van der Waals surface area contributed by atoms with Gasteiger partial charge in [-0.3, -0.25) is 0 Å². The van der Waals surface area contributed by atoms with Crippen molar-refractivity contribution in [2.75, 3.05) is 26.9 Å². The third kappa shape index (κ3) is 7.45. The third-order valence-corrected chi connectivity index (χ3v) is 6.11. The summed E-state index contributed by atoms with van der Waals surface area (Å²) >= 11 is 20.9. The highest BCUT2D eigenvalue weighted by molar-refractivity contribution is 7.99. The maximum atomic E-state index is 9.08. The van der Waals surface area contributed by atoms with Gasteiger partial charge < -0.3 is 14.9 Å². The second-order valence-electron chi connectivity index (χ2n) is 6.37. The molecule has 0 unspecified atom stereocenters. The summed E-state index contributed by atoms with van der Waals surface area (Å²) in [5.41, 5.74) is 3.25. The Morgan fingerprint density at radius 2 is 1.72 bits per heavy atom. The second kappa shape index (κ2) is 11.0. The number of rotatable bonds is 3. The molecule has 2 aromatic carbocycles. The van der Waals surface area contributed by atoms with Gasteiger partial charge in [0.25, 0.3) is 0 Å². The molecule has 2 aromatic rings. The van der Waals surface area contributed by atoms with Gasteiger partial charge in [0.05, 0.1) is 25.2 Å². The molecule has 2 N–H and O–H groups in total. The average Bonchev–Trinajstić information content (AvgIpc) is 2.57. The summed E-state index contributed by atoms with van der Waals surface area (Å²) in [6.07, 6.45) is 3.77. The minimum absolute atomic E-state index is 0. The number of benzene rings is 2. The standard InChI is InChI=1S/C18H16Cl3NS.CH4O3S.H2O/c1-22(2)9-5-7-12-11-6-3-4-8-15(11)23-18-14(20)10-13(19)17(21)16(12)18;1-5(2,3)4;/h3-4,6-8,10H,5,9H2,1-2H3;1H3,(H,2,3,4);1H2/p-1/b12-7-;;. The molecule has 0 aliphatic carbocycles. The molecule has 29 heavy (non-hydrogen) atoms. The van der Waals surface area contributed by atoms with Crippen LogP contribution >= 0.6 is 46.6 Å². The van der Waals surface area contributed by atoms with Crippen LogP contribution in [-0.2, 0) is 10.1 Å². The zero-order valence-electron chi connectivity index (χ0n) is 16.0. The first-order chi connectivity index (χ1) is 13.0. The molecule has 5 nitrogen and oxygen atoms in total. The Kier molecular flexibility index (Phi) is 9.98. The molecular formula is C19H21Cl3NO4S2-. The van der Waals surface area contributed by atoms with Crippen LogP contribution in [0.15, 0.2) is 46.2 Å². The summed E-state index contributed by atoms with van der Waals surface area (Å²) < 4.78 is 27.2. The molecule has 0 atom stereocenters. The van der Waals surface area contributed by atoms with E-state index >= 15 is 0 Å². The Balaban J connectivity index is 0.000000628. The normalized spacial score (nSPS) is 13.9. The maximum Gasteiger partial charge on any atom is 0.0916 e. The van der Waals surface area contributed by atoms with Crippen LogP contribution in [0.3, 0.4) is 0 Å². The van der Waals surface area contributed by atoms with E-state index in [0.29, 0.717) is 21.3 Å². The monoisotopic (exact) mass is 496 g/mol. The summed E-state index contributed by atoms with van der Waals surface area (Å²) in [6.45, 7) is 0.972. The highest BCUT2D eigenvalue weighted by atomic mass is 35.5. The molecule has 0 fully saturated rings. The van der Waals surface area contributed by atoms with E-state index in [0.717, 1.165) is 29.0 Å². The van der Waals surface area contributed by atoms with Crippen molar-refractivity contribution in [3.05, 3.63) is 62.6 Å². The van der Waals surface area contributed by atoms with E-state index in [1.807, 2.05) is 12.1 Å². The number of nitrogens with zero attached hydrogens (tertiary/aromatic N) is 1. The summed E-state index contributed by atoms with van der Waals surface area (Å²) in [5.74, 6) is 0. The first-order valence-electron chi connectivity index (χ1n) is 8.20. The molecule has 0 radical (unpaired) electrons. The number of halogens is 3. The number of hydrogen-bond donors (Lipinski definition) is 0. The molecule has 0 saturated heterocycles. The Morgan fingerprint density at radius 1 is 1.14 bits per heavy atom. The van der Waals surface area contributed by atoms with Gasteiger partial charge in [0.2, 0.25) is 0 Å². The lowest BCUT2D eigenvalue weighted by atomic mass is 9.96. The number of fused-ring (bicyclic) bond motifs is 2. The Hall–Kier alpha value is -0.770. The van der Waals surface area contributed by atoms with Gasteiger partial charge in [0, 0.05) is 28.2 Å². The predicted octanol–water partition coefficient (Wildman–Crippen LogP) is 4.83. The van der Waals surface area contributed by atoms with Crippen molar-refractivity contribution in [1.82, 2.24) is 4.90 Å². The first-order valence-corrected chi connectivity index (χ1v) is 12.0. The van der Waals surface area contributed by atoms with Gasteiger partial charge in [-0.15, -0.1) is 0 Å². The lowest BCUT2D eigenvalue weighted by Crippen LogP contribution is -2.12. The minimum atomic E-state index is -3.92. The largest absolute Gasteiger partial charge is 0.748 e. The van der Waals surface area contributed by atoms with E-state index < -0.39 is 10.1 Å². The molecule has 10 heteroatoms. The molecule has 1 aliphatic rings. The Morgan fingerprint density at radius 3 is 2.31 bits per heavy atom. The van der Waals surface area contributed by atoms with Crippen molar-refractivity contribution in [2.24, 2.45) is 0 Å². The fourth-order valence-electron chi connectivity index (χ4n) is 2.62. The summed E-state index contributed by atoms with van der Waals surface area (Å²) in [4.78, 5) is 4.33. The second-order valence-corrected chi connectivity index (χ2v) is 10.0. The Bertz CT molecular complexity index is 1000. The smallest absolute Gasteiger partial charge is 0.0916 e. The summed E-state index contributed by atoms with van der Waals surface area (Å²) in [6, 6.07) is 10.0. The van der Waals surface area contributed by atoms with Crippen molar-refractivity contribution in [1.29, 1.82) is 0 Å². The van der Waals surface area contributed by atoms with Crippen molar-refractivity contribution in [3.8, 4) is 0 Å². The fraction of sp³-hybridized carbons (Fsp3) is 0.263. The van der Waals surface area contributed by atoms with Gasteiger partial charge in [-0.1, -0.05) is 70.8 Å². The average molecular weight is 498 g/mol. The molecular weight excluding hydrogens is 477 g/mol. The minimum Gasteiger partial charge on any atom is -0.748 e. The quantitative estimate of drug-likeness (QED) is 0.382. The molecule has 1 heterocycles. The van der Waals surface area contributed by atoms with E-state index in [2.05, 4.69) is 37.2 Å². The van der Waals surface area contributed by atoms with Crippen LogP contribution in [0.2, 0.25) is 15.1 Å². The van der Waals surface area contributed by atoms with Crippen LogP contribution < -0.4 is 0 Å². The van der Waals surface area contributed by atoms with Gasteiger partial charge >= 0.3 is 0 Å². The van der Waals surface area contributed by atoms with Crippen LogP contribution in [0, 0.1) is 0 Å². The third-order valence-electron chi connectivity index (χ3n) is 3.71. The Labute approximate surface area is 190 Å². The highest BCUT2D eigenvalue weighted by Crippen LogP contribution is 2.52. The molecule has 1 aliphatic heterocycles. The van der Waals surface area contributed by atoms with E-state index in [-0.39, 0.29) is 5.48 Å². The SMILES string of the molecule is CN(C)CC/C=C1/c2ccccc2Sc2c(Cl)cc(Cl)c(Cl)c21.CS(=O)(=O)[O-].O. The van der Waals surface area contributed by atoms with Crippen molar-refractivity contribution >= 4 is 62.3 Å². The molecule has 0 aromatic heterocycles. The van der Waals surface area contributed by atoms with E-state index in [1.165, 1.54) is 10.5 Å². The van der Waals surface area contributed by atoms with Gasteiger partial charge in [-0.2, -0.15) is 0 Å². The zero-order valence-corrected chi connectivity index (χ0v) is 19.9. The molecule has 0 amide bonds. The van der Waals surface area contributed by atoms with E-state index in [9.17, 15) is 0 Å². The van der Waals surface area contributed by atoms with Crippen LogP contribution in [0.25, 0.3) is 5.57 Å². The molecule has 0 saturated carbocycles. The predicted molar refractivity (Wildman–Crippen MR) is 122 cm³/mol. The topological polar surface area (TPSA) is 91.9 Å². The lowest BCUT2D eigenvalue weighted by molar-refractivity contribution is 0.417. The lowest BCUT2D eigenvalue weighted by Gasteiger charge is -2.25. The molecule has 160 valence electrons.